The SMILES string of the molecule is CCC(CNC(=O)Cc1cccs1)C(=O)O. The first kappa shape index (κ1) is 12.7. The highest BCUT2D eigenvalue weighted by Gasteiger charge is 2.15. The van der Waals surface area contributed by atoms with Crippen LogP contribution in [-0.4, -0.2) is 23.5 Å². The summed E-state index contributed by atoms with van der Waals surface area (Å²) in [5.74, 6) is -1.48. The van der Waals surface area contributed by atoms with Crippen LogP contribution in [-0.2, 0) is 16.0 Å². The average Bonchev–Trinajstić information content (AvgIpc) is 2.70. The Kier molecular flexibility index (Phi) is 4.98. The van der Waals surface area contributed by atoms with Gasteiger partial charge in [0.25, 0.3) is 0 Å². The van der Waals surface area contributed by atoms with Crippen LogP contribution in [0.5, 0.6) is 0 Å². The number of carbonyl (C=O) groups is 2. The van der Waals surface area contributed by atoms with Crippen molar-refractivity contribution >= 4 is 23.2 Å². The van der Waals surface area contributed by atoms with Crippen molar-refractivity contribution in [1.29, 1.82) is 0 Å². The van der Waals surface area contributed by atoms with Crippen LogP contribution in [0.2, 0.25) is 0 Å². The second-order valence-electron chi connectivity index (χ2n) is 3.50. The topological polar surface area (TPSA) is 66.4 Å². The quantitative estimate of drug-likeness (QED) is 0.793. The van der Waals surface area contributed by atoms with Gasteiger partial charge in [-0.1, -0.05) is 13.0 Å². The Morgan fingerprint density at radius 1 is 1.56 bits per heavy atom. The minimum Gasteiger partial charge on any atom is -0.481 e. The largest absolute Gasteiger partial charge is 0.481 e. The van der Waals surface area contributed by atoms with Gasteiger partial charge in [0, 0.05) is 11.4 Å². The van der Waals surface area contributed by atoms with Crippen molar-refractivity contribution in [1.82, 2.24) is 5.32 Å². The summed E-state index contributed by atoms with van der Waals surface area (Å²) in [6.07, 6.45) is 0.850. The van der Waals surface area contributed by atoms with E-state index >= 15 is 0 Å². The minimum atomic E-state index is -0.862. The summed E-state index contributed by atoms with van der Waals surface area (Å²) in [5.41, 5.74) is 0. The first-order chi connectivity index (χ1) is 7.63. The van der Waals surface area contributed by atoms with Gasteiger partial charge < -0.3 is 10.4 Å². The van der Waals surface area contributed by atoms with E-state index in [2.05, 4.69) is 5.32 Å². The molecule has 5 heteroatoms. The molecule has 4 nitrogen and oxygen atoms in total. The van der Waals surface area contributed by atoms with E-state index in [1.807, 2.05) is 17.5 Å². The minimum absolute atomic E-state index is 0.123. The molecular weight excluding hydrogens is 226 g/mol. The Morgan fingerprint density at radius 3 is 2.81 bits per heavy atom. The number of amides is 1. The number of nitrogens with one attached hydrogen (secondary N) is 1. The average molecular weight is 241 g/mol. The lowest BCUT2D eigenvalue weighted by Crippen LogP contribution is -2.33. The van der Waals surface area contributed by atoms with Crippen molar-refractivity contribution in [3.8, 4) is 0 Å². The number of rotatable bonds is 6. The van der Waals surface area contributed by atoms with Crippen LogP contribution in [0.1, 0.15) is 18.2 Å². The summed E-state index contributed by atoms with van der Waals surface area (Å²) in [6, 6.07) is 3.78. The molecule has 0 spiro atoms. The highest BCUT2D eigenvalue weighted by molar-refractivity contribution is 7.10. The first-order valence-electron chi connectivity index (χ1n) is 5.15. The molecule has 2 N–H and O–H groups in total. The molecule has 0 saturated carbocycles. The van der Waals surface area contributed by atoms with Crippen LogP contribution in [0.3, 0.4) is 0 Å². The second kappa shape index (κ2) is 6.27. The molecule has 88 valence electrons. The van der Waals surface area contributed by atoms with Gasteiger partial charge in [-0.15, -0.1) is 11.3 Å². The lowest BCUT2D eigenvalue weighted by Gasteiger charge is -2.10. The molecule has 0 aromatic carbocycles. The van der Waals surface area contributed by atoms with E-state index in [-0.39, 0.29) is 12.5 Å². The van der Waals surface area contributed by atoms with Gasteiger partial charge in [0.2, 0.25) is 5.91 Å². The van der Waals surface area contributed by atoms with Crippen molar-refractivity contribution in [2.45, 2.75) is 19.8 Å². The molecule has 1 heterocycles. The van der Waals surface area contributed by atoms with Gasteiger partial charge >= 0.3 is 5.97 Å². The fourth-order valence-corrected chi connectivity index (χ4v) is 1.98. The molecule has 1 unspecified atom stereocenters. The van der Waals surface area contributed by atoms with E-state index in [1.165, 1.54) is 11.3 Å². The zero-order valence-corrected chi connectivity index (χ0v) is 9.92. The summed E-state index contributed by atoms with van der Waals surface area (Å²) in [7, 11) is 0. The predicted octanol–water partition coefficient (Wildman–Crippen LogP) is 1.52. The van der Waals surface area contributed by atoms with Crippen LogP contribution < -0.4 is 5.32 Å². The Bertz CT molecular complexity index is 348. The van der Waals surface area contributed by atoms with Crippen molar-refractivity contribution < 1.29 is 14.7 Å². The smallest absolute Gasteiger partial charge is 0.308 e. The molecule has 0 aliphatic heterocycles. The van der Waals surface area contributed by atoms with Crippen LogP contribution in [0.25, 0.3) is 0 Å². The molecule has 0 saturated heterocycles. The summed E-state index contributed by atoms with van der Waals surface area (Å²) in [5, 5.41) is 13.3. The highest BCUT2D eigenvalue weighted by Crippen LogP contribution is 2.09. The third kappa shape index (κ3) is 4.02. The number of thiophene rings is 1. The number of carboxylic acids is 1. The molecule has 1 amide bonds. The third-order valence-electron chi connectivity index (χ3n) is 2.30. The van der Waals surface area contributed by atoms with E-state index in [9.17, 15) is 9.59 Å². The van der Waals surface area contributed by atoms with Crippen molar-refractivity contribution in [2.75, 3.05) is 6.54 Å². The van der Waals surface area contributed by atoms with Crippen LogP contribution in [0.4, 0.5) is 0 Å². The molecule has 16 heavy (non-hydrogen) atoms. The predicted molar refractivity (Wildman–Crippen MR) is 62.4 cm³/mol. The summed E-state index contributed by atoms with van der Waals surface area (Å²) in [4.78, 5) is 23.2. The molecule has 1 aromatic heterocycles. The lowest BCUT2D eigenvalue weighted by molar-refractivity contribution is -0.141. The molecule has 0 aliphatic rings. The molecule has 0 aliphatic carbocycles. The fraction of sp³-hybridized carbons (Fsp3) is 0.455. The lowest BCUT2D eigenvalue weighted by atomic mass is 10.1. The molecule has 0 fully saturated rings. The van der Waals surface area contributed by atoms with Gasteiger partial charge in [0.15, 0.2) is 0 Å². The van der Waals surface area contributed by atoms with Crippen LogP contribution in [0, 0.1) is 5.92 Å². The molecule has 1 rings (SSSR count). The number of hydrogen-bond donors (Lipinski definition) is 2. The number of carboxylic acid groups (broad SMARTS) is 1. The first-order valence-corrected chi connectivity index (χ1v) is 6.03. The zero-order valence-electron chi connectivity index (χ0n) is 9.10. The van der Waals surface area contributed by atoms with Crippen molar-refractivity contribution in [3.63, 3.8) is 0 Å². The molecule has 0 bridgehead atoms. The van der Waals surface area contributed by atoms with Gasteiger partial charge in [-0.3, -0.25) is 9.59 Å². The van der Waals surface area contributed by atoms with Gasteiger partial charge in [-0.05, 0) is 17.9 Å². The second-order valence-corrected chi connectivity index (χ2v) is 4.54. The highest BCUT2D eigenvalue weighted by atomic mass is 32.1. The van der Waals surface area contributed by atoms with E-state index in [1.54, 1.807) is 6.92 Å². The molecule has 0 radical (unpaired) electrons. The summed E-state index contributed by atoms with van der Waals surface area (Å²) >= 11 is 1.52. The van der Waals surface area contributed by atoms with Crippen molar-refractivity contribution in [3.05, 3.63) is 22.4 Å². The van der Waals surface area contributed by atoms with Gasteiger partial charge in [0.1, 0.15) is 0 Å². The molecular formula is C11H15NO3S. The third-order valence-corrected chi connectivity index (χ3v) is 3.18. The van der Waals surface area contributed by atoms with Gasteiger partial charge in [-0.2, -0.15) is 0 Å². The Hall–Kier alpha value is -1.36. The number of hydrogen-bond acceptors (Lipinski definition) is 3. The fourth-order valence-electron chi connectivity index (χ4n) is 1.28. The normalized spacial score (nSPS) is 12.1. The van der Waals surface area contributed by atoms with Gasteiger partial charge in [-0.25, -0.2) is 0 Å². The van der Waals surface area contributed by atoms with E-state index < -0.39 is 11.9 Å². The van der Waals surface area contributed by atoms with Gasteiger partial charge in [0.05, 0.1) is 12.3 Å². The number of carbonyl (C=O) groups excluding carboxylic acids is 1. The Morgan fingerprint density at radius 2 is 2.31 bits per heavy atom. The van der Waals surface area contributed by atoms with E-state index in [4.69, 9.17) is 5.11 Å². The Labute approximate surface area is 98.3 Å². The number of aliphatic carboxylic acids is 1. The maximum Gasteiger partial charge on any atom is 0.308 e. The maximum atomic E-state index is 11.5. The van der Waals surface area contributed by atoms with E-state index in [0.717, 1.165) is 4.88 Å². The molecule has 1 atom stereocenters. The Balaban J connectivity index is 2.32. The van der Waals surface area contributed by atoms with Crippen LogP contribution >= 0.6 is 11.3 Å². The van der Waals surface area contributed by atoms with E-state index in [0.29, 0.717) is 12.8 Å². The monoisotopic (exact) mass is 241 g/mol. The summed E-state index contributed by atoms with van der Waals surface area (Å²) < 4.78 is 0. The summed E-state index contributed by atoms with van der Waals surface area (Å²) in [6.45, 7) is 2.00. The van der Waals surface area contributed by atoms with Crippen molar-refractivity contribution in [2.24, 2.45) is 5.92 Å². The standard InChI is InChI=1S/C11H15NO3S/c1-2-8(11(14)15)7-12-10(13)6-9-4-3-5-16-9/h3-5,8H,2,6-7H2,1H3,(H,12,13)(H,14,15). The molecule has 1 aromatic rings. The maximum absolute atomic E-state index is 11.5. The van der Waals surface area contributed by atoms with Crippen LogP contribution in [0.15, 0.2) is 17.5 Å². The zero-order chi connectivity index (χ0) is 12.0.